The first-order chi connectivity index (χ1) is 23.8. The molecule has 0 saturated heterocycles. The number of rotatable bonds is 3. The monoisotopic (exact) mass is 612 g/mol. The molecule has 0 aliphatic heterocycles. The van der Waals surface area contributed by atoms with Gasteiger partial charge in [0.1, 0.15) is 5.65 Å². The predicted octanol–water partition coefficient (Wildman–Crippen LogP) is 11.2. The molecule has 0 unspecified atom stereocenters. The third-order valence-electron chi connectivity index (χ3n) is 10.1. The van der Waals surface area contributed by atoms with Crippen LogP contribution in [0.25, 0.3) is 88.3 Å². The molecule has 4 aromatic heterocycles. The first-order valence-corrected chi connectivity index (χ1v) is 16.5. The van der Waals surface area contributed by atoms with E-state index in [4.69, 9.17) is 0 Å². The van der Waals surface area contributed by atoms with Gasteiger partial charge in [-0.1, -0.05) is 91.0 Å². The van der Waals surface area contributed by atoms with Crippen LogP contribution in [0.15, 0.2) is 170 Å². The highest BCUT2D eigenvalue weighted by Crippen LogP contribution is 2.40. The number of para-hydroxylation sites is 6. The van der Waals surface area contributed by atoms with E-state index in [2.05, 4.69) is 188 Å². The third kappa shape index (κ3) is 3.38. The van der Waals surface area contributed by atoms with Crippen molar-refractivity contribution >= 4 is 71.2 Å². The lowest BCUT2D eigenvalue weighted by Gasteiger charge is -2.12. The summed E-state index contributed by atoms with van der Waals surface area (Å²) in [5.74, 6) is 0. The van der Waals surface area contributed by atoms with E-state index in [1.807, 2.05) is 0 Å². The van der Waals surface area contributed by atoms with Gasteiger partial charge >= 0.3 is 0 Å². The molecule has 4 heteroatoms. The summed E-state index contributed by atoms with van der Waals surface area (Å²) in [5, 5.41) is 6.28. The van der Waals surface area contributed by atoms with E-state index in [0.717, 1.165) is 22.7 Å². The highest BCUT2D eigenvalue weighted by Gasteiger charge is 2.20. The van der Waals surface area contributed by atoms with Crippen molar-refractivity contribution in [2.24, 2.45) is 0 Å². The third-order valence-corrected chi connectivity index (χ3v) is 10.1. The zero-order valence-corrected chi connectivity index (χ0v) is 26.0. The Kier molecular flexibility index (Phi) is 5.08. The molecule has 0 atom stereocenters. The van der Waals surface area contributed by atoms with Crippen LogP contribution in [-0.2, 0) is 0 Å². The second-order valence-corrected chi connectivity index (χ2v) is 12.7. The predicted molar refractivity (Wildman–Crippen MR) is 200 cm³/mol. The van der Waals surface area contributed by atoms with Gasteiger partial charge in [-0.3, -0.25) is 8.97 Å². The molecule has 0 amide bonds. The second-order valence-electron chi connectivity index (χ2n) is 12.7. The Bertz CT molecular complexity index is 3060. The summed E-state index contributed by atoms with van der Waals surface area (Å²) in [4.78, 5) is 0. The van der Waals surface area contributed by atoms with E-state index in [1.54, 1.807) is 0 Å². The zero-order valence-electron chi connectivity index (χ0n) is 26.0. The maximum Gasteiger partial charge on any atom is 0.123 e. The van der Waals surface area contributed by atoms with Gasteiger partial charge in [-0.15, -0.1) is 0 Å². The molecule has 224 valence electrons. The Morgan fingerprint density at radius 1 is 0.271 bits per heavy atom. The molecule has 11 aromatic rings. The van der Waals surface area contributed by atoms with Crippen LogP contribution in [0.1, 0.15) is 0 Å². The Morgan fingerprint density at radius 3 is 1.50 bits per heavy atom. The molecule has 11 rings (SSSR count). The van der Waals surface area contributed by atoms with Crippen LogP contribution in [0.5, 0.6) is 0 Å². The molecule has 0 fully saturated rings. The molecular formula is C44H28N4. The van der Waals surface area contributed by atoms with E-state index in [0.29, 0.717) is 0 Å². The summed E-state index contributed by atoms with van der Waals surface area (Å²) in [6, 6.07) is 61.8. The quantitative estimate of drug-likeness (QED) is 0.189. The fraction of sp³-hybridized carbons (Fsp3) is 0. The number of hydrogen-bond donors (Lipinski definition) is 0. The van der Waals surface area contributed by atoms with Crippen LogP contribution in [0.2, 0.25) is 0 Å². The van der Waals surface area contributed by atoms with Crippen LogP contribution in [-0.4, -0.2) is 18.1 Å². The molecule has 0 saturated carbocycles. The maximum atomic E-state index is 2.44. The molecule has 48 heavy (non-hydrogen) atoms. The molecular weight excluding hydrogens is 585 g/mol. The largest absolute Gasteiger partial charge is 0.309 e. The first kappa shape index (κ1) is 25.6. The summed E-state index contributed by atoms with van der Waals surface area (Å²) in [5.41, 5.74) is 13.0. The minimum Gasteiger partial charge on any atom is -0.309 e. The average molecular weight is 613 g/mol. The second kappa shape index (κ2) is 9.50. The van der Waals surface area contributed by atoms with Crippen molar-refractivity contribution in [3.05, 3.63) is 170 Å². The van der Waals surface area contributed by atoms with E-state index in [9.17, 15) is 0 Å². The number of nitrogens with zero attached hydrogens (tertiary/aromatic N) is 4. The van der Waals surface area contributed by atoms with Crippen molar-refractivity contribution in [1.82, 2.24) is 18.1 Å². The molecule has 0 aliphatic rings. The van der Waals surface area contributed by atoms with Gasteiger partial charge in [-0.05, 0) is 78.9 Å². The van der Waals surface area contributed by atoms with Crippen molar-refractivity contribution in [3.63, 3.8) is 0 Å². The van der Waals surface area contributed by atoms with E-state index < -0.39 is 0 Å². The van der Waals surface area contributed by atoms with Crippen molar-refractivity contribution in [2.45, 2.75) is 0 Å². The van der Waals surface area contributed by atoms with Crippen molar-refractivity contribution < 1.29 is 0 Å². The number of hydrogen-bond acceptors (Lipinski definition) is 0. The Balaban J connectivity index is 1.23. The summed E-state index contributed by atoms with van der Waals surface area (Å²) >= 11 is 0. The van der Waals surface area contributed by atoms with Gasteiger partial charge in [0.15, 0.2) is 0 Å². The SMILES string of the molecule is c1ccc(-n2c3ccccc3c3cc4c5ccccc5n(-c5cccc(-n6c7ccccc7n7c8ccccc8cc67)c5)c4cc32)cc1. The molecule has 4 heterocycles. The first-order valence-electron chi connectivity index (χ1n) is 16.5. The number of benzene rings is 7. The highest BCUT2D eigenvalue weighted by atomic mass is 15.1. The Labute approximate surface area is 275 Å². The topological polar surface area (TPSA) is 19.2 Å². The number of fused-ring (bicyclic) bond motifs is 11. The normalized spacial score (nSPS) is 12.2. The van der Waals surface area contributed by atoms with Gasteiger partial charge in [-0.2, -0.15) is 0 Å². The highest BCUT2D eigenvalue weighted by molar-refractivity contribution is 6.19. The molecule has 7 aromatic carbocycles. The smallest absolute Gasteiger partial charge is 0.123 e. The van der Waals surface area contributed by atoms with E-state index in [1.165, 1.54) is 65.5 Å². The van der Waals surface area contributed by atoms with Crippen molar-refractivity contribution in [2.75, 3.05) is 0 Å². The minimum absolute atomic E-state index is 1.13. The molecule has 0 N–H and O–H groups in total. The van der Waals surface area contributed by atoms with E-state index in [-0.39, 0.29) is 0 Å². The number of imidazole rings is 1. The number of aromatic nitrogens is 4. The Hall–Kier alpha value is -6.52. The van der Waals surface area contributed by atoms with Crippen LogP contribution in [0.4, 0.5) is 0 Å². The van der Waals surface area contributed by atoms with Crippen molar-refractivity contribution in [3.8, 4) is 17.1 Å². The van der Waals surface area contributed by atoms with Crippen LogP contribution in [0, 0.1) is 0 Å². The lowest BCUT2D eigenvalue weighted by Crippen LogP contribution is -1.99. The van der Waals surface area contributed by atoms with Crippen molar-refractivity contribution in [1.29, 1.82) is 0 Å². The molecule has 0 bridgehead atoms. The molecule has 4 nitrogen and oxygen atoms in total. The molecule has 0 radical (unpaired) electrons. The molecule has 0 aliphatic carbocycles. The minimum atomic E-state index is 1.13. The summed E-state index contributed by atoms with van der Waals surface area (Å²) < 4.78 is 9.63. The van der Waals surface area contributed by atoms with Gasteiger partial charge in [0.2, 0.25) is 0 Å². The standard InChI is InChI=1S/C44H28N4/c1-2-14-30(15-3-1)45-38-21-8-5-18-33(38)35-27-36-34-19-6-9-22-39(34)46(43(36)28-42(35)45)31-16-12-17-32(26-31)47-40-23-10-11-24-41(40)48-37-20-7-4-13-29(37)25-44(47)48/h1-28H. The fourth-order valence-corrected chi connectivity index (χ4v) is 8.13. The molecule has 0 spiro atoms. The van der Waals surface area contributed by atoms with Gasteiger partial charge in [0, 0.05) is 44.0 Å². The Morgan fingerprint density at radius 2 is 0.792 bits per heavy atom. The van der Waals surface area contributed by atoms with Gasteiger partial charge in [0.05, 0.1) is 38.6 Å². The summed E-state index contributed by atoms with van der Waals surface area (Å²) in [7, 11) is 0. The lowest BCUT2D eigenvalue weighted by atomic mass is 10.1. The lowest BCUT2D eigenvalue weighted by molar-refractivity contribution is 1.12. The average Bonchev–Trinajstić information content (AvgIpc) is 3.86. The van der Waals surface area contributed by atoms with Gasteiger partial charge in [0.25, 0.3) is 0 Å². The van der Waals surface area contributed by atoms with Gasteiger partial charge in [-0.25, -0.2) is 0 Å². The summed E-state index contributed by atoms with van der Waals surface area (Å²) in [6.07, 6.45) is 0. The van der Waals surface area contributed by atoms with Crippen LogP contribution >= 0.6 is 0 Å². The van der Waals surface area contributed by atoms with Gasteiger partial charge < -0.3 is 9.13 Å². The van der Waals surface area contributed by atoms with E-state index >= 15 is 0 Å². The zero-order chi connectivity index (χ0) is 31.3. The fourth-order valence-electron chi connectivity index (χ4n) is 8.13. The maximum absolute atomic E-state index is 2.44. The van der Waals surface area contributed by atoms with Crippen LogP contribution in [0.3, 0.4) is 0 Å². The summed E-state index contributed by atoms with van der Waals surface area (Å²) in [6.45, 7) is 0. The van der Waals surface area contributed by atoms with Crippen LogP contribution < -0.4 is 0 Å².